The van der Waals surface area contributed by atoms with Gasteiger partial charge in [0.15, 0.2) is 0 Å². The molecule has 0 unspecified atom stereocenters. The van der Waals surface area contributed by atoms with Gasteiger partial charge in [-0.3, -0.25) is 4.79 Å². The summed E-state index contributed by atoms with van der Waals surface area (Å²) in [5.74, 6) is -0.0503. The third-order valence-electron chi connectivity index (χ3n) is 4.86. The highest BCUT2D eigenvalue weighted by Gasteiger charge is 2.25. The first kappa shape index (κ1) is 16.7. The first-order valence-corrected chi connectivity index (χ1v) is 8.91. The molecule has 1 aromatic carbocycles. The van der Waals surface area contributed by atoms with Gasteiger partial charge in [0.1, 0.15) is 0 Å². The van der Waals surface area contributed by atoms with E-state index in [9.17, 15) is 4.79 Å². The molecule has 2 saturated heterocycles. The number of halogens is 1. The fourth-order valence-electron chi connectivity index (χ4n) is 3.51. The summed E-state index contributed by atoms with van der Waals surface area (Å²) < 4.78 is 5.71. The van der Waals surface area contributed by atoms with Crippen LogP contribution in [-0.2, 0) is 4.74 Å². The molecule has 0 spiro atoms. The maximum Gasteiger partial charge on any atom is 0.253 e. The number of carbonyl (C=O) groups is 1. The van der Waals surface area contributed by atoms with Crippen molar-refractivity contribution in [2.24, 2.45) is 0 Å². The largest absolute Gasteiger partial charge is 0.377 e. The Bertz CT molecular complexity index is 530. The fraction of sp³-hybridized carbons (Fsp3) is 0.611. The van der Waals surface area contributed by atoms with Gasteiger partial charge < -0.3 is 15.0 Å². The number of piperidine rings is 1. The molecule has 23 heavy (non-hydrogen) atoms. The zero-order chi connectivity index (χ0) is 16.2. The highest BCUT2D eigenvalue weighted by atomic mass is 35.5. The molecule has 0 aliphatic carbocycles. The summed E-state index contributed by atoms with van der Waals surface area (Å²) >= 11 is 6.18. The van der Waals surface area contributed by atoms with Crippen LogP contribution in [0.1, 0.15) is 41.6 Å². The predicted molar refractivity (Wildman–Crippen MR) is 92.1 cm³/mol. The van der Waals surface area contributed by atoms with Gasteiger partial charge in [0, 0.05) is 32.3 Å². The third kappa shape index (κ3) is 4.25. The monoisotopic (exact) mass is 336 g/mol. The zero-order valence-corrected chi connectivity index (χ0v) is 14.4. The second-order valence-electron chi connectivity index (χ2n) is 6.62. The number of likely N-dealkylation sites (tertiary alicyclic amines) is 1. The van der Waals surface area contributed by atoms with Gasteiger partial charge in [-0.15, -0.1) is 0 Å². The SMILES string of the molecule is Cc1cccc(Cl)c1C(=O)NC1CCN(C[C@H]2CCCO2)CC1. The molecule has 1 atom stereocenters. The van der Waals surface area contributed by atoms with Crippen LogP contribution in [-0.4, -0.2) is 49.2 Å². The summed E-state index contributed by atoms with van der Waals surface area (Å²) in [6.07, 6.45) is 4.76. The molecule has 3 rings (SSSR count). The molecular weight excluding hydrogens is 312 g/mol. The summed E-state index contributed by atoms with van der Waals surface area (Å²) in [4.78, 5) is 14.9. The van der Waals surface area contributed by atoms with Crippen LogP contribution in [0.2, 0.25) is 5.02 Å². The van der Waals surface area contributed by atoms with Crippen LogP contribution in [0.5, 0.6) is 0 Å². The van der Waals surface area contributed by atoms with Crippen LogP contribution in [0.15, 0.2) is 18.2 Å². The van der Waals surface area contributed by atoms with E-state index in [0.29, 0.717) is 16.7 Å². The van der Waals surface area contributed by atoms with Crippen molar-refractivity contribution in [3.8, 4) is 0 Å². The molecule has 1 N–H and O–H groups in total. The molecule has 0 radical (unpaired) electrons. The summed E-state index contributed by atoms with van der Waals surface area (Å²) in [5.41, 5.74) is 1.53. The second kappa shape index (κ2) is 7.65. The third-order valence-corrected chi connectivity index (χ3v) is 5.17. The molecule has 1 amide bonds. The normalized spacial score (nSPS) is 23.1. The zero-order valence-electron chi connectivity index (χ0n) is 13.7. The van der Waals surface area contributed by atoms with Crippen LogP contribution < -0.4 is 5.32 Å². The Morgan fingerprint density at radius 1 is 1.35 bits per heavy atom. The van der Waals surface area contributed by atoms with Gasteiger partial charge in [-0.2, -0.15) is 0 Å². The topological polar surface area (TPSA) is 41.6 Å². The minimum atomic E-state index is -0.0503. The standard InChI is InChI=1S/C18H25ClN2O2/c1-13-4-2-6-16(19)17(13)18(22)20-14-7-9-21(10-8-14)12-15-5-3-11-23-15/h2,4,6,14-15H,3,5,7-12H2,1H3,(H,20,22)/t15-/m1/s1. The molecule has 2 fully saturated rings. The molecule has 1 aromatic rings. The molecule has 2 aliphatic rings. The van der Waals surface area contributed by atoms with Gasteiger partial charge in [0.05, 0.1) is 16.7 Å². The molecule has 0 aromatic heterocycles. The van der Waals surface area contributed by atoms with Gasteiger partial charge >= 0.3 is 0 Å². The Morgan fingerprint density at radius 3 is 2.78 bits per heavy atom. The molecule has 2 aliphatic heterocycles. The Hall–Kier alpha value is -1.10. The Labute approximate surface area is 143 Å². The minimum Gasteiger partial charge on any atom is -0.377 e. The molecular formula is C18H25ClN2O2. The molecule has 0 saturated carbocycles. The lowest BCUT2D eigenvalue weighted by Crippen LogP contribution is -2.46. The lowest BCUT2D eigenvalue weighted by atomic mass is 10.0. The van der Waals surface area contributed by atoms with Crippen molar-refractivity contribution in [2.45, 2.75) is 44.8 Å². The van der Waals surface area contributed by atoms with Crippen LogP contribution in [0.3, 0.4) is 0 Å². The molecule has 0 bridgehead atoms. The lowest BCUT2D eigenvalue weighted by molar-refractivity contribution is 0.0613. The van der Waals surface area contributed by atoms with E-state index in [4.69, 9.17) is 16.3 Å². The van der Waals surface area contributed by atoms with Crippen molar-refractivity contribution in [1.29, 1.82) is 0 Å². The van der Waals surface area contributed by atoms with Crippen molar-refractivity contribution in [1.82, 2.24) is 10.2 Å². The number of aryl methyl sites for hydroxylation is 1. The molecule has 4 nitrogen and oxygen atoms in total. The number of ether oxygens (including phenoxy) is 1. The van der Waals surface area contributed by atoms with Gasteiger partial charge in [-0.05, 0) is 44.2 Å². The lowest BCUT2D eigenvalue weighted by Gasteiger charge is -2.33. The number of rotatable bonds is 4. The van der Waals surface area contributed by atoms with Gasteiger partial charge in [-0.25, -0.2) is 0 Å². The number of carbonyl (C=O) groups excluding carboxylic acids is 1. The number of benzene rings is 1. The fourth-order valence-corrected chi connectivity index (χ4v) is 3.82. The minimum absolute atomic E-state index is 0.0503. The predicted octanol–water partition coefficient (Wildman–Crippen LogP) is 3.02. The molecule has 126 valence electrons. The summed E-state index contributed by atoms with van der Waals surface area (Å²) in [5, 5.41) is 3.68. The number of amides is 1. The Kier molecular flexibility index (Phi) is 5.57. The Morgan fingerprint density at radius 2 is 2.13 bits per heavy atom. The van der Waals surface area contributed by atoms with E-state index in [0.717, 1.165) is 44.6 Å². The van der Waals surface area contributed by atoms with E-state index >= 15 is 0 Å². The van der Waals surface area contributed by atoms with E-state index < -0.39 is 0 Å². The number of nitrogens with zero attached hydrogens (tertiary/aromatic N) is 1. The van der Waals surface area contributed by atoms with Gasteiger partial charge in [0.25, 0.3) is 5.91 Å². The van der Waals surface area contributed by atoms with Crippen LogP contribution in [0.4, 0.5) is 0 Å². The van der Waals surface area contributed by atoms with Crippen molar-refractivity contribution in [3.63, 3.8) is 0 Å². The second-order valence-corrected chi connectivity index (χ2v) is 7.02. The summed E-state index contributed by atoms with van der Waals surface area (Å²) in [7, 11) is 0. The van der Waals surface area contributed by atoms with Crippen molar-refractivity contribution in [3.05, 3.63) is 34.3 Å². The Balaban J connectivity index is 1.49. The maximum absolute atomic E-state index is 12.5. The number of hydrogen-bond acceptors (Lipinski definition) is 3. The highest BCUT2D eigenvalue weighted by Crippen LogP contribution is 2.21. The van der Waals surface area contributed by atoms with Crippen LogP contribution in [0, 0.1) is 6.92 Å². The van der Waals surface area contributed by atoms with E-state index in [1.165, 1.54) is 12.8 Å². The molecule has 5 heteroatoms. The number of nitrogens with one attached hydrogen (secondary N) is 1. The van der Waals surface area contributed by atoms with Crippen molar-refractivity contribution in [2.75, 3.05) is 26.2 Å². The van der Waals surface area contributed by atoms with E-state index in [1.807, 2.05) is 19.1 Å². The van der Waals surface area contributed by atoms with E-state index in [1.54, 1.807) is 6.07 Å². The smallest absolute Gasteiger partial charge is 0.253 e. The first-order chi connectivity index (χ1) is 11.1. The average Bonchev–Trinajstić information content (AvgIpc) is 3.02. The molecule has 2 heterocycles. The maximum atomic E-state index is 12.5. The summed E-state index contributed by atoms with van der Waals surface area (Å²) in [6, 6.07) is 5.80. The van der Waals surface area contributed by atoms with E-state index in [2.05, 4.69) is 10.2 Å². The number of hydrogen-bond donors (Lipinski definition) is 1. The van der Waals surface area contributed by atoms with Gasteiger partial charge in [-0.1, -0.05) is 23.7 Å². The van der Waals surface area contributed by atoms with Crippen molar-refractivity contribution < 1.29 is 9.53 Å². The highest BCUT2D eigenvalue weighted by molar-refractivity contribution is 6.34. The first-order valence-electron chi connectivity index (χ1n) is 8.53. The van der Waals surface area contributed by atoms with Crippen LogP contribution >= 0.6 is 11.6 Å². The van der Waals surface area contributed by atoms with Crippen LogP contribution in [0.25, 0.3) is 0 Å². The van der Waals surface area contributed by atoms with Crippen molar-refractivity contribution >= 4 is 17.5 Å². The van der Waals surface area contributed by atoms with E-state index in [-0.39, 0.29) is 11.9 Å². The van der Waals surface area contributed by atoms with Gasteiger partial charge in [0.2, 0.25) is 0 Å². The quantitative estimate of drug-likeness (QED) is 0.919. The summed E-state index contributed by atoms with van der Waals surface area (Å²) in [6.45, 7) is 5.91. The average molecular weight is 337 g/mol.